The molecule has 8 nitrogen and oxygen atoms in total. The minimum absolute atomic E-state index is 0.123. The van der Waals surface area contributed by atoms with Crippen LogP contribution in [0.2, 0.25) is 0 Å². The van der Waals surface area contributed by atoms with Gasteiger partial charge in [-0.3, -0.25) is 9.59 Å². The van der Waals surface area contributed by atoms with Crippen molar-refractivity contribution in [2.45, 2.75) is 13.0 Å². The molecule has 0 radical (unpaired) electrons. The molecule has 28 heavy (non-hydrogen) atoms. The van der Waals surface area contributed by atoms with Gasteiger partial charge in [-0.25, -0.2) is 0 Å². The number of carbonyl (C=O) groups excluding carboxylic acids is 2. The Morgan fingerprint density at radius 3 is 2.29 bits per heavy atom. The van der Waals surface area contributed by atoms with Crippen LogP contribution in [-0.2, 0) is 4.79 Å². The van der Waals surface area contributed by atoms with Gasteiger partial charge in [-0.05, 0) is 31.2 Å². The predicted molar refractivity (Wildman–Crippen MR) is 104 cm³/mol. The van der Waals surface area contributed by atoms with Crippen LogP contribution in [0.15, 0.2) is 30.3 Å². The first kappa shape index (κ1) is 19.3. The Balaban J connectivity index is 1.88. The van der Waals surface area contributed by atoms with Crippen LogP contribution in [-0.4, -0.2) is 46.3 Å². The molecule has 0 bridgehead atoms. The van der Waals surface area contributed by atoms with Gasteiger partial charge in [-0.2, -0.15) is 0 Å². The Morgan fingerprint density at radius 1 is 1.07 bits per heavy atom. The molecule has 1 N–H and O–H groups in total. The summed E-state index contributed by atoms with van der Waals surface area (Å²) in [6, 6.07) is 8.26. The van der Waals surface area contributed by atoms with Crippen molar-refractivity contribution in [1.29, 1.82) is 0 Å². The number of hydrogen-bond donors (Lipinski definition) is 1. The van der Waals surface area contributed by atoms with E-state index < -0.39 is 6.10 Å². The molecule has 1 heterocycles. The fourth-order valence-electron chi connectivity index (χ4n) is 3.01. The van der Waals surface area contributed by atoms with Crippen molar-refractivity contribution in [1.82, 2.24) is 0 Å². The van der Waals surface area contributed by atoms with Crippen molar-refractivity contribution in [2.24, 2.45) is 0 Å². The minimum Gasteiger partial charge on any atom is -0.493 e. The number of carbonyl (C=O) groups is 2. The lowest BCUT2D eigenvalue weighted by Crippen LogP contribution is -2.41. The van der Waals surface area contributed by atoms with Crippen LogP contribution in [0.25, 0.3) is 0 Å². The summed E-state index contributed by atoms with van der Waals surface area (Å²) in [5.41, 5.74) is 1.52. The van der Waals surface area contributed by atoms with Crippen LogP contribution in [0.4, 0.5) is 11.4 Å². The molecule has 2 aromatic carbocycles. The predicted octanol–water partition coefficient (Wildman–Crippen LogP) is 2.71. The van der Waals surface area contributed by atoms with Gasteiger partial charge in [-0.1, -0.05) is 0 Å². The van der Waals surface area contributed by atoms with E-state index >= 15 is 0 Å². The van der Waals surface area contributed by atoms with Gasteiger partial charge in [-0.15, -0.1) is 0 Å². The van der Waals surface area contributed by atoms with E-state index in [1.54, 1.807) is 44.3 Å². The van der Waals surface area contributed by atoms with Crippen molar-refractivity contribution in [2.75, 3.05) is 38.6 Å². The topological polar surface area (TPSA) is 86.3 Å². The van der Waals surface area contributed by atoms with E-state index in [0.29, 0.717) is 39.9 Å². The maximum absolute atomic E-state index is 12.7. The van der Waals surface area contributed by atoms with Gasteiger partial charge in [0.15, 0.2) is 17.6 Å². The summed E-state index contributed by atoms with van der Waals surface area (Å²) in [7, 11) is 6.15. The minimum atomic E-state index is -0.585. The zero-order valence-corrected chi connectivity index (χ0v) is 16.4. The number of fused-ring (bicyclic) bond motifs is 1. The van der Waals surface area contributed by atoms with Crippen molar-refractivity contribution >= 4 is 23.2 Å². The summed E-state index contributed by atoms with van der Waals surface area (Å²) in [6.07, 6.45) is -0.585. The molecule has 0 aliphatic carbocycles. The zero-order chi connectivity index (χ0) is 20.4. The molecule has 2 amide bonds. The van der Waals surface area contributed by atoms with E-state index in [4.69, 9.17) is 18.9 Å². The lowest BCUT2D eigenvalue weighted by molar-refractivity contribution is -0.125. The third kappa shape index (κ3) is 3.40. The van der Waals surface area contributed by atoms with E-state index in [9.17, 15) is 9.59 Å². The van der Waals surface area contributed by atoms with Gasteiger partial charge in [0.1, 0.15) is 5.75 Å². The van der Waals surface area contributed by atoms with E-state index in [0.717, 1.165) is 0 Å². The number of methoxy groups -OCH3 is 3. The Hall–Kier alpha value is -3.42. The third-order valence-electron chi connectivity index (χ3n) is 4.49. The number of nitrogens with one attached hydrogen (secondary N) is 1. The van der Waals surface area contributed by atoms with Gasteiger partial charge in [0, 0.05) is 24.4 Å². The lowest BCUT2D eigenvalue weighted by Gasteiger charge is -2.30. The van der Waals surface area contributed by atoms with E-state index in [2.05, 4.69) is 5.32 Å². The van der Waals surface area contributed by atoms with E-state index in [-0.39, 0.29) is 11.8 Å². The lowest BCUT2D eigenvalue weighted by atomic mass is 10.1. The van der Waals surface area contributed by atoms with Gasteiger partial charge in [0.05, 0.1) is 27.0 Å². The molecular weight excluding hydrogens is 364 g/mol. The van der Waals surface area contributed by atoms with E-state index in [1.165, 1.54) is 26.2 Å². The number of ether oxygens (including phenoxy) is 4. The van der Waals surface area contributed by atoms with Crippen molar-refractivity contribution in [3.63, 3.8) is 0 Å². The van der Waals surface area contributed by atoms with Gasteiger partial charge >= 0.3 is 0 Å². The Bertz CT molecular complexity index is 902. The van der Waals surface area contributed by atoms with Crippen molar-refractivity contribution in [3.05, 3.63) is 35.9 Å². The van der Waals surface area contributed by atoms with Crippen LogP contribution < -0.4 is 29.2 Å². The first-order valence-electron chi connectivity index (χ1n) is 8.59. The second-order valence-corrected chi connectivity index (χ2v) is 6.21. The maximum atomic E-state index is 12.7. The first-order chi connectivity index (χ1) is 13.4. The van der Waals surface area contributed by atoms with Gasteiger partial charge < -0.3 is 29.2 Å². The number of anilines is 2. The smallest absolute Gasteiger partial charge is 0.267 e. The molecule has 148 valence electrons. The molecule has 0 saturated heterocycles. The quantitative estimate of drug-likeness (QED) is 0.850. The molecule has 0 spiro atoms. The average Bonchev–Trinajstić information content (AvgIpc) is 2.70. The van der Waals surface area contributed by atoms with Crippen LogP contribution in [0, 0.1) is 0 Å². The molecule has 2 aromatic rings. The third-order valence-corrected chi connectivity index (χ3v) is 4.49. The molecule has 8 heteroatoms. The molecule has 0 fully saturated rings. The number of rotatable bonds is 5. The van der Waals surface area contributed by atoms with Crippen LogP contribution in [0.1, 0.15) is 17.3 Å². The Kier molecular flexibility index (Phi) is 5.30. The highest BCUT2D eigenvalue weighted by Crippen LogP contribution is 2.39. The second-order valence-electron chi connectivity index (χ2n) is 6.21. The SMILES string of the molecule is COc1cc(C(=O)Nc2ccc3c(c2)OC(C)C(=O)N3C)cc(OC)c1OC. The second kappa shape index (κ2) is 7.67. The van der Waals surface area contributed by atoms with Crippen molar-refractivity contribution in [3.8, 4) is 23.0 Å². The molecule has 1 aliphatic heterocycles. The van der Waals surface area contributed by atoms with Gasteiger partial charge in [0.2, 0.25) is 5.75 Å². The average molecular weight is 386 g/mol. The fourth-order valence-corrected chi connectivity index (χ4v) is 3.01. The molecule has 1 unspecified atom stereocenters. The molecular formula is C20H22N2O6. The number of nitrogens with zero attached hydrogens (tertiary/aromatic N) is 1. The number of amides is 2. The summed E-state index contributed by atoms with van der Waals surface area (Å²) in [5.74, 6) is 1.22. The van der Waals surface area contributed by atoms with Crippen LogP contribution in [0.5, 0.6) is 23.0 Å². The maximum Gasteiger partial charge on any atom is 0.267 e. The summed E-state index contributed by atoms with van der Waals surface area (Å²) < 4.78 is 21.5. The molecule has 0 aromatic heterocycles. The molecule has 1 aliphatic rings. The summed E-state index contributed by atoms with van der Waals surface area (Å²) in [6.45, 7) is 1.68. The summed E-state index contributed by atoms with van der Waals surface area (Å²) >= 11 is 0. The fraction of sp³-hybridized carbons (Fsp3) is 0.300. The summed E-state index contributed by atoms with van der Waals surface area (Å²) in [4.78, 5) is 26.3. The monoisotopic (exact) mass is 386 g/mol. The van der Waals surface area contributed by atoms with Crippen molar-refractivity contribution < 1.29 is 28.5 Å². The molecule has 3 rings (SSSR count). The number of benzene rings is 2. The largest absolute Gasteiger partial charge is 0.493 e. The summed E-state index contributed by atoms with van der Waals surface area (Å²) in [5, 5.41) is 2.82. The highest BCUT2D eigenvalue weighted by molar-refractivity contribution is 6.06. The number of likely N-dealkylation sites (N-methyl/N-ethyl adjacent to an activating group) is 1. The van der Waals surface area contributed by atoms with Gasteiger partial charge in [0.25, 0.3) is 11.8 Å². The highest BCUT2D eigenvalue weighted by Gasteiger charge is 2.29. The molecule has 0 saturated carbocycles. The molecule has 1 atom stereocenters. The number of hydrogen-bond acceptors (Lipinski definition) is 6. The zero-order valence-electron chi connectivity index (χ0n) is 16.4. The Labute approximate surface area is 162 Å². The van der Waals surface area contributed by atoms with Crippen LogP contribution in [0.3, 0.4) is 0 Å². The highest BCUT2D eigenvalue weighted by atomic mass is 16.5. The Morgan fingerprint density at radius 2 is 1.71 bits per heavy atom. The normalized spacial score (nSPS) is 15.4. The van der Waals surface area contributed by atoms with Crippen LogP contribution >= 0.6 is 0 Å². The van der Waals surface area contributed by atoms with E-state index in [1.807, 2.05) is 0 Å². The first-order valence-corrected chi connectivity index (χ1v) is 8.59. The standard InChI is InChI=1S/C20H22N2O6/c1-11-20(24)22(2)14-7-6-13(10-15(14)28-11)21-19(23)12-8-16(25-3)18(27-5)17(9-12)26-4/h6-11H,1-5H3,(H,21,23).